The number of ether oxygens (including phenoxy) is 1. The summed E-state index contributed by atoms with van der Waals surface area (Å²) < 4.78 is 7.03. The number of halogens is 2. The maximum atomic E-state index is 12.7. The van der Waals surface area contributed by atoms with Crippen molar-refractivity contribution in [3.8, 4) is 0 Å². The van der Waals surface area contributed by atoms with E-state index in [0.717, 1.165) is 20.4 Å². The van der Waals surface area contributed by atoms with E-state index in [2.05, 4.69) is 37.2 Å². The maximum Gasteiger partial charge on any atom is 0.256 e. The number of thiophene rings is 1. The smallest absolute Gasteiger partial charge is 0.256 e. The maximum absolute atomic E-state index is 12.7. The van der Waals surface area contributed by atoms with E-state index in [0.29, 0.717) is 18.7 Å². The van der Waals surface area contributed by atoms with Crippen molar-refractivity contribution in [2.75, 3.05) is 19.8 Å². The number of morpholine rings is 1. The van der Waals surface area contributed by atoms with Gasteiger partial charge in [-0.05, 0) is 50.8 Å². The third-order valence-electron chi connectivity index (χ3n) is 3.50. The summed E-state index contributed by atoms with van der Waals surface area (Å²) in [5.41, 5.74) is 0.581. The molecule has 1 aromatic rings. The Hall–Kier alpha value is -0.440. The standard InChI is InChI=1S/C13H14Br2N2O3S/c14-10-5-8(11(15)21-10)13(19)17-3-4-20-6-9(17)12(18)16-7-1-2-7/h5,7,9H,1-4,6H2,(H,16,18). The Morgan fingerprint density at radius 3 is 2.76 bits per heavy atom. The van der Waals surface area contributed by atoms with E-state index in [1.54, 1.807) is 11.0 Å². The second-order valence-electron chi connectivity index (χ2n) is 5.11. The van der Waals surface area contributed by atoms with Crippen LogP contribution in [0.1, 0.15) is 23.2 Å². The Morgan fingerprint density at radius 2 is 2.14 bits per heavy atom. The molecule has 1 aliphatic carbocycles. The Bertz CT molecular complexity index is 574. The van der Waals surface area contributed by atoms with Gasteiger partial charge in [0, 0.05) is 12.6 Å². The third kappa shape index (κ3) is 3.49. The highest BCUT2D eigenvalue weighted by Crippen LogP contribution is 2.33. The van der Waals surface area contributed by atoms with Crippen molar-refractivity contribution in [3.63, 3.8) is 0 Å². The van der Waals surface area contributed by atoms with Crippen molar-refractivity contribution in [1.82, 2.24) is 10.2 Å². The van der Waals surface area contributed by atoms with Crippen LogP contribution in [0.3, 0.4) is 0 Å². The molecule has 0 radical (unpaired) electrons. The van der Waals surface area contributed by atoms with Gasteiger partial charge in [0.1, 0.15) is 6.04 Å². The first kappa shape index (κ1) is 15.5. The Morgan fingerprint density at radius 1 is 1.38 bits per heavy atom. The van der Waals surface area contributed by atoms with Crippen LogP contribution in [0.2, 0.25) is 0 Å². The van der Waals surface area contributed by atoms with Gasteiger partial charge in [-0.25, -0.2) is 0 Å². The molecule has 0 spiro atoms. The van der Waals surface area contributed by atoms with Gasteiger partial charge in [-0.1, -0.05) is 0 Å². The molecule has 114 valence electrons. The van der Waals surface area contributed by atoms with Crippen molar-refractivity contribution in [2.45, 2.75) is 24.9 Å². The number of nitrogens with one attached hydrogen (secondary N) is 1. The molecule has 8 heteroatoms. The largest absolute Gasteiger partial charge is 0.377 e. The summed E-state index contributed by atoms with van der Waals surface area (Å²) in [6.45, 7) is 1.15. The zero-order valence-corrected chi connectivity index (χ0v) is 15.1. The van der Waals surface area contributed by atoms with Crippen molar-refractivity contribution < 1.29 is 14.3 Å². The van der Waals surface area contributed by atoms with Gasteiger partial charge in [0.2, 0.25) is 5.91 Å². The molecule has 21 heavy (non-hydrogen) atoms. The van der Waals surface area contributed by atoms with Crippen LogP contribution < -0.4 is 5.32 Å². The minimum absolute atomic E-state index is 0.115. The second kappa shape index (κ2) is 6.36. The molecule has 0 bridgehead atoms. The average Bonchev–Trinajstić information content (AvgIpc) is 3.21. The topological polar surface area (TPSA) is 58.6 Å². The molecule has 1 unspecified atom stereocenters. The monoisotopic (exact) mass is 436 g/mol. The van der Waals surface area contributed by atoms with Crippen molar-refractivity contribution in [3.05, 3.63) is 19.2 Å². The minimum Gasteiger partial charge on any atom is -0.377 e. The number of amides is 2. The van der Waals surface area contributed by atoms with E-state index in [9.17, 15) is 9.59 Å². The number of hydrogen-bond acceptors (Lipinski definition) is 4. The van der Waals surface area contributed by atoms with Gasteiger partial charge in [0.15, 0.2) is 0 Å². The van der Waals surface area contributed by atoms with Crippen molar-refractivity contribution in [2.24, 2.45) is 0 Å². The van der Waals surface area contributed by atoms with E-state index in [4.69, 9.17) is 4.74 Å². The lowest BCUT2D eigenvalue weighted by Crippen LogP contribution is -2.56. The van der Waals surface area contributed by atoms with Gasteiger partial charge in [-0.3, -0.25) is 9.59 Å². The van der Waals surface area contributed by atoms with E-state index in [-0.39, 0.29) is 24.5 Å². The van der Waals surface area contributed by atoms with Crippen LogP contribution in [0.25, 0.3) is 0 Å². The first-order valence-corrected chi connectivity index (χ1v) is 9.10. The Kier molecular flexibility index (Phi) is 4.68. The lowest BCUT2D eigenvalue weighted by atomic mass is 10.1. The van der Waals surface area contributed by atoms with Gasteiger partial charge < -0.3 is 15.0 Å². The highest BCUT2D eigenvalue weighted by Gasteiger charge is 2.36. The van der Waals surface area contributed by atoms with Gasteiger partial charge in [0.05, 0.1) is 26.4 Å². The van der Waals surface area contributed by atoms with Crippen LogP contribution in [-0.2, 0) is 9.53 Å². The number of carbonyl (C=O) groups excluding carboxylic acids is 2. The molecule has 1 aromatic heterocycles. The lowest BCUT2D eigenvalue weighted by Gasteiger charge is -2.34. The lowest BCUT2D eigenvalue weighted by molar-refractivity contribution is -0.130. The fourth-order valence-corrected chi connectivity index (χ4v) is 5.01. The second-order valence-corrected chi connectivity index (χ2v) is 8.86. The molecule has 1 saturated carbocycles. The molecular weight excluding hydrogens is 424 g/mol. The van der Waals surface area contributed by atoms with Crippen LogP contribution in [0.15, 0.2) is 13.6 Å². The molecule has 2 amide bonds. The summed E-state index contributed by atoms with van der Waals surface area (Å²) in [4.78, 5) is 26.6. The number of nitrogens with zero attached hydrogens (tertiary/aromatic N) is 1. The molecule has 2 aliphatic rings. The first-order chi connectivity index (χ1) is 10.1. The Balaban J connectivity index is 1.78. The number of rotatable bonds is 3. The summed E-state index contributed by atoms with van der Waals surface area (Å²) in [5, 5.41) is 2.95. The molecule has 3 rings (SSSR count). The van der Waals surface area contributed by atoms with Crippen LogP contribution in [0.4, 0.5) is 0 Å². The molecule has 1 saturated heterocycles. The average molecular weight is 438 g/mol. The van der Waals surface area contributed by atoms with Gasteiger partial charge >= 0.3 is 0 Å². The van der Waals surface area contributed by atoms with Crippen LogP contribution in [0.5, 0.6) is 0 Å². The fourth-order valence-electron chi connectivity index (χ4n) is 2.23. The van der Waals surface area contributed by atoms with Crippen LogP contribution >= 0.6 is 43.2 Å². The highest BCUT2D eigenvalue weighted by molar-refractivity contribution is 9.12. The van der Waals surface area contributed by atoms with Crippen LogP contribution in [0, 0.1) is 0 Å². The van der Waals surface area contributed by atoms with E-state index in [1.165, 1.54) is 11.3 Å². The summed E-state index contributed by atoms with van der Waals surface area (Å²) >= 11 is 8.22. The molecule has 1 N–H and O–H groups in total. The summed E-state index contributed by atoms with van der Waals surface area (Å²) in [6.07, 6.45) is 2.05. The first-order valence-electron chi connectivity index (χ1n) is 6.70. The molecule has 1 aliphatic heterocycles. The molecule has 2 fully saturated rings. The van der Waals surface area contributed by atoms with Crippen molar-refractivity contribution in [1.29, 1.82) is 0 Å². The quantitative estimate of drug-likeness (QED) is 0.789. The molecule has 2 heterocycles. The third-order valence-corrected chi connectivity index (χ3v) is 5.84. The highest BCUT2D eigenvalue weighted by atomic mass is 79.9. The van der Waals surface area contributed by atoms with E-state index < -0.39 is 6.04 Å². The minimum atomic E-state index is -0.544. The summed E-state index contributed by atoms with van der Waals surface area (Å²) in [6, 6.07) is 1.51. The SMILES string of the molecule is O=C(NC1CC1)C1COCCN1C(=O)c1cc(Br)sc1Br. The van der Waals surface area contributed by atoms with E-state index in [1.807, 2.05) is 0 Å². The van der Waals surface area contributed by atoms with Gasteiger partial charge in [0.25, 0.3) is 5.91 Å². The number of hydrogen-bond donors (Lipinski definition) is 1. The molecule has 1 atom stereocenters. The van der Waals surface area contributed by atoms with Crippen LogP contribution in [-0.4, -0.2) is 48.6 Å². The van der Waals surface area contributed by atoms with Gasteiger partial charge in [-0.15, -0.1) is 11.3 Å². The summed E-state index contributed by atoms with van der Waals surface area (Å²) in [7, 11) is 0. The fraction of sp³-hybridized carbons (Fsp3) is 0.538. The normalized spacial score (nSPS) is 22.2. The zero-order valence-electron chi connectivity index (χ0n) is 11.1. The molecule has 5 nitrogen and oxygen atoms in total. The van der Waals surface area contributed by atoms with E-state index >= 15 is 0 Å². The number of carbonyl (C=O) groups is 2. The van der Waals surface area contributed by atoms with Gasteiger partial charge in [-0.2, -0.15) is 0 Å². The summed E-state index contributed by atoms with van der Waals surface area (Å²) in [5.74, 6) is -0.251. The molecule has 0 aromatic carbocycles. The zero-order chi connectivity index (χ0) is 15.0. The van der Waals surface area contributed by atoms with Crippen molar-refractivity contribution >= 4 is 55.0 Å². The Labute approximate surface area is 143 Å². The predicted molar refractivity (Wildman–Crippen MR) is 86.5 cm³/mol. The predicted octanol–water partition coefficient (Wildman–Crippen LogP) is 2.39. The molecular formula is C13H14Br2N2O3S.